The lowest BCUT2D eigenvalue weighted by Gasteiger charge is -2.32. The maximum absolute atomic E-state index is 4.71. The molecule has 2 aromatic rings. The highest BCUT2D eigenvalue weighted by atomic mass is 79.9. The summed E-state index contributed by atoms with van der Waals surface area (Å²) in [5.74, 6) is 1.68. The highest BCUT2D eigenvalue weighted by Crippen LogP contribution is 2.37. The second-order valence-electron chi connectivity index (χ2n) is 5.39. The number of nitrogens with zero attached hydrogens (tertiary/aromatic N) is 2. The van der Waals surface area contributed by atoms with E-state index < -0.39 is 0 Å². The zero-order chi connectivity index (χ0) is 12.5. The minimum absolute atomic E-state index is 0.681. The van der Waals surface area contributed by atoms with Crippen LogP contribution in [0, 0.1) is 11.8 Å². The molecule has 1 saturated carbocycles. The highest BCUT2D eigenvalue weighted by Gasteiger charge is 2.28. The minimum atomic E-state index is 0.681. The monoisotopic (exact) mass is 326 g/mol. The van der Waals surface area contributed by atoms with Crippen molar-refractivity contribution in [2.45, 2.75) is 43.9 Å². The molecule has 0 spiro atoms. The Morgan fingerprint density at radius 3 is 3.17 bits per heavy atom. The first kappa shape index (κ1) is 12.7. The number of aromatic nitrogens is 2. The standard InChI is InChI=1S/C14H19BrN2S/c1-2-10-3-4-13(15)11(7-10)8-12-9-17-5-6-18-14(17)16-12/h5-6,9-11,13H,2-4,7-8H2,1H3. The fourth-order valence-corrected chi connectivity index (χ4v) is 4.44. The van der Waals surface area contributed by atoms with E-state index in [1.807, 2.05) is 0 Å². The van der Waals surface area contributed by atoms with Crippen molar-refractivity contribution < 1.29 is 0 Å². The summed E-state index contributed by atoms with van der Waals surface area (Å²) in [5, 5.41) is 2.09. The number of hydrogen-bond donors (Lipinski definition) is 0. The largest absolute Gasteiger partial charge is 0.297 e. The van der Waals surface area contributed by atoms with E-state index in [9.17, 15) is 0 Å². The Labute approximate surface area is 121 Å². The third-order valence-electron chi connectivity index (χ3n) is 4.19. The van der Waals surface area contributed by atoms with E-state index in [0.29, 0.717) is 4.83 Å². The van der Waals surface area contributed by atoms with Crippen LogP contribution in [0.1, 0.15) is 38.3 Å². The van der Waals surface area contributed by atoms with E-state index in [0.717, 1.165) is 23.2 Å². The molecule has 2 aromatic heterocycles. The summed E-state index contributed by atoms with van der Waals surface area (Å²) in [5.41, 5.74) is 1.26. The predicted molar refractivity (Wildman–Crippen MR) is 80.6 cm³/mol. The van der Waals surface area contributed by atoms with Crippen molar-refractivity contribution in [1.82, 2.24) is 9.38 Å². The van der Waals surface area contributed by atoms with Crippen LogP contribution in [0.3, 0.4) is 0 Å². The summed E-state index contributed by atoms with van der Waals surface area (Å²) in [4.78, 5) is 6.52. The van der Waals surface area contributed by atoms with Gasteiger partial charge in [0.05, 0.1) is 5.69 Å². The van der Waals surface area contributed by atoms with Gasteiger partial charge in [-0.25, -0.2) is 4.98 Å². The third-order valence-corrected chi connectivity index (χ3v) is 6.17. The molecule has 4 heteroatoms. The van der Waals surface area contributed by atoms with E-state index in [1.165, 1.54) is 31.4 Å². The van der Waals surface area contributed by atoms with Gasteiger partial charge in [0.15, 0.2) is 4.96 Å². The average molecular weight is 327 g/mol. The molecule has 0 aromatic carbocycles. The SMILES string of the molecule is CCC1CCC(Br)C(Cc2cn3ccsc3n2)C1. The van der Waals surface area contributed by atoms with Gasteiger partial charge < -0.3 is 0 Å². The van der Waals surface area contributed by atoms with Crippen LogP contribution in [0.15, 0.2) is 17.8 Å². The van der Waals surface area contributed by atoms with Gasteiger partial charge in [-0.1, -0.05) is 29.3 Å². The van der Waals surface area contributed by atoms with Gasteiger partial charge in [-0.3, -0.25) is 4.40 Å². The zero-order valence-electron chi connectivity index (χ0n) is 10.7. The molecule has 0 saturated heterocycles. The second kappa shape index (κ2) is 5.33. The first-order valence-electron chi connectivity index (χ1n) is 6.81. The first-order chi connectivity index (χ1) is 8.76. The molecule has 0 bridgehead atoms. The van der Waals surface area contributed by atoms with Gasteiger partial charge in [-0.15, -0.1) is 11.3 Å². The van der Waals surface area contributed by atoms with Gasteiger partial charge >= 0.3 is 0 Å². The molecule has 1 aliphatic rings. The molecule has 0 amide bonds. The molecule has 18 heavy (non-hydrogen) atoms. The Morgan fingerprint density at radius 1 is 1.50 bits per heavy atom. The summed E-state index contributed by atoms with van der Waals surface area (Å²) in [6.07, 6.45) is 10.8. The zero-order valence-corrected chi connectivity index (χ0v) is 13.1. The number of hydrogen-bond acceptors (Lipinski definition) is 2. The van der Waals surface area contributed by atoms with Crippen molar-refractivity contribution in [2.24, 2.45) is 11.8 Å². The lowest BCUT2D eigenvalue weighted by atomic mass is 9.78. The smallest absolute Gasteiger partial charge is 0.193 e. The average Bonchev–Trinajstić information content (AvgIpc) is 2.92. The van der Waals surface area contributed by atoms with Gasteiger partial charge in [0.25, 0.3) is 0 Å². The van der Waals surface area contributed by atoms with E-state index in [4.69, 9.17) is 4.98 Å². The highest BCUT2D eigenvalue weighted by molar-refractivity contribution is 9.09. The summed E-state index contributed by atoms with van der Waals surface area (Å²) in [6, 6.07) is 0. The number of alkyl halides is 1. The van der Waals surface area contributed by atoms with E-state index in [2.05, 4.69) is 45.0 Å². The summed E-state index contributed by atoms with van der Waals surface area (Å²) >= 11 is 5.59. The maximum Gasteiger partial charge on any atom is 0.193 e. The molecule has 2 nitrogen and oxygen atoms in total. The topological polar surface area (TPSA) is 17.3 Å². The summed E-state index contributed by atoms with van der Waals surface area (Å²) in [7, 11) is 0. The van der Waals surface area contributed by atoms with Gasteiger partial charge in [-0.05, 0) is 37.5 Å². The van der Waals surface area contributed by atoms with Crippen LogP contribution in [-0.2, 0) is 6.42 Å². The molecular weight excluding hydrogens is 308 g/mol. The predicted octanol–water partition coefficient (Wildman–Crippen LogP) is 4.53. The number of thiazole rings is 1. The Morgan fingerprint density at radius 2 is 2.39 bits per heavy atom. The molecule has 3 rings (SSSR count). The quantitative estimate of drug-likeness (QED) is 0.757. The van der Waals surface area contributed by atoms with Crippen LogP contribution in [0.25, 0.3) is 4.96 Å². The van der Waals surface area contributed by atoms with Crippen molar-refractivity contribution >= 4 is 32.2 Å². The molecule has 0 aliphatic heterocycles. The summed E-state index contributed by atoms with van der Waals surface area (Å²) < 4.78 is 2.14. The fraction of sp³-hybridized carbons (Fsp3) is 0.643. The third kappa shape index (κ3) is 2.50. The van der Waals surface area contributed by atoms with Crippen LogP contribution < -0.4 is 0 Å². The second-order valence-corrected chi connectivity index (χ2v) is 7.44. The molecule has 3 unspecified atom stereocenters. The molecule has 2 heterocycles. The fourth-order valence-electron chi connectivity index (χ4n) is 3.05. The van der Waals surface area contributed by atoms with Crippen LogP contribution in [0.2, 0.25) is 0 Å². The number of imidazole rings is 1. The Balaban J connectivity index is 1.72. The molecule has 98 valence electrons. The number of halogens is 1. The van der Waals surface area contributed by atoms with Gasteiger partial charge in [0.1, 0.15) is 0 Å². The van der Waals surface area contributed by atoms with Crippen molar-refractivity contribution in [3.63, 3.8) is 0 Å². The van der Waals surface area contributed by atoms with Gasteiger partial charge in [0.2, 0.25) is 0 Å². The summed E-state index contributed by atoms with van der Waals surface area (Å²) in [6.45, 7) is 2.32. The van der Waals surface area contributed by atoms with Crippen LogP contribution in [-0.4, -0.2) is 14.2 Å². The lowest BCUT2D eigenvalue weighted by molar-refractivity contribution is 0.270. The Kier molecular flexibility index (Phi) is 3.76. The van der Waals surface area contributed by atoms with Crippen molar-refractivity contribution in [3.8, 4) is 0 Å². The molecule has 0 radical (unpaired) electrons. The van der Waals surface area contributed by atoms with Gasteiger partial charge in [0, 0.05) is 22.6 Å². The normalized spacial score (nSPS) is 28.9. The Hall–Kier alpha value is -0.350. The van der Waals surface area contributed by atoms with E-state index in [-0.39, 0.29) is 0 Å². The molecule has 1 fully saturated rings. The van der Waals surface area contributed by atoms with Crippen molar-refractivity contribution in [2.75, 3.05) is 0 Å². The maximum atomic E-state index is 4.71. The van der Waals surface area contributed by atoms with Crippen LogP contribution in [0.5, 0.6) is 0 Å². The van der Waals surface area contributed by atoms with Crippen LogP contribution in [0.4, 0.5) is 0 Å². The van der Waals surface area contributed by atoms with Gasteiger partial charge in [-0.2, -0.15) is 0 Å². The number of fused-ring (bicyclic) bond motifs is 1. The molecule has 1 aliphatic carbocycles. The van der Waals surface area contributed by atoms with Crippen LogP contribution >= 0.6 is 27.3 Å². The van der Waals surface area contributed by atoms with E-state index >= 15 is 0 Å². The Bertz CT molecular complexity index is 490. The van der Waals surface area contributed by atoms with E-state index in [1.54, 1.807) is 11.3 Å². The lowest BCUT2D eigenvalue weighted by Crippen LogP contribution is -2.26. The molecule has 0 N–H and O–H groups in total. The molecule has 3 atom stereocenters. The van der Waals surface area contributed by atoms with Crippen molar-refractivity contribution in [3.05, 3.63) is 23.5 Å². The minimum Gasteiger partial charge on any atom is -0.297 e. The first-order valence-corrected chi connectivity index (χ1v) is 8.61. The number of rotatable bonds is 3. The van der Waals surface area contributed by atoms with Crippen molar-refractivity contribution in [1.29, 1.82) is 0 Å². The molecular formula is C14H19BrN2S.